The lowest BCUT2D eigenvalue weighted by Gasteiger charge is -2.30. The fraction of sp³-hybridized carbons (Fsp3) is 0.579. The van der Waals surface area contributed by atoms with Crippen molar-refractivity contribution in [1.29, 1.82) is 0 Å². The molecular weight excluding hydrogens is 364 g/mol. The van der Waals surface area contributed by atoms with Gasteiger partial charge in [0.1, 0.15) is 11.5 Å². The van der Waals surface area contributed by atoms with Gasteiger partial charge in [-0.1, -0.05) is 0 Å². The Labute approximate surface area is 164 Å². The van der Waals surface area contributed by atoms with Gasteiger partial charge in [-0.05, 0) is 42.9 Å². The molecule has 1 aromatic rings. The number of aromatic nitrogens is 1. The number of fused-ring (bicyclic) bond motifs is 1. The van der Waals surface area contributed by atoms with Crippen molar-refractivity contribution in [3.63, 3.8) is 0 Å². The highest BCUT2D eigenvalue weighted by Gasteiger charge is 2.28. The van der Waals surface area contributed by atoms with Gasteiger partial charge in [-0.3, -0.25) is 4.90 Å². The Morgan fingerprint density at radius 1 is 1.32 bits per heavy atom. The summed E-state index contributed by atoms with van der Waals surface area (Å²) in [5.74, 6) is 2.63. The normalized spacial score (nSPS) is 17.0. The highest BCUT2D eigenvalue weighted by molar-refractivity contribution is 5.90. The van der Waals surface area contributed by atoms with E-state index in [0.29, 0.717) is 37.8 Å². The first-order chi connectivity index (χ1) is 13.6. The van der Waals surface area contributed by atoms with E-state index in [1.165, 1.54) is 19.1 Å². The Kier molecular flexibility index (Phi) is 6.51. The molecule has 0 aliphatic carbocycles. The number of primary amides is 1. The van der Waals surface area contributed by atoms with Gasteiger partial charge in [0.2, 0.25) is 6.29 Å². The van der Waals surface area contributed by atoms with Crippen LogP contribution in [0.25, 0.3) is 0 Å². The summed E-state index contributed by atoms with van der Waals surface area (Å²) in [5, 5.41) is 0. The summed E-state index contributed by atoms with van der Waals surface area (Å²) in [7, 11) is 3.05. The van der Waals surface area contributed by atoms with Crippen molar-refractivity contribution in [3.05, 3.63) is 28.8 Å². The molecule has 1 saturated heterocycles. The second-order valence-corrected chi connectivity index (χ2v) is 6.80. The number of amides is 2. The number of carbonyl (C=O) groups is 1. The van der Waals surface area contributed by atoms with Crippen LogP contribution in [0.3, 0.4) is 0 Å². The second kappa shape index (κ2) is 9.05. The zero-order valence-electron chi connectivity index (χ0n) is 16.3. The smallest absolute Gasteiger partial charge is 0.320 e. The molecule has 2 amide bonds. The first-order valence-electron chi connectivity index (χ1n) is 9.37. The lowest BCUT2D eigenvalue weighted by atomic mass is 10.0. The molecule has 9 heteroatoms. The number of urea groups is 1. The molecule has 2 N–H and O–H groups in total. The molecule has 0 spiro atoms. The number of hydrogen-bond donors (Lipinski definition) is 1. The average Bonchev–Trinajstić information content (AvgIpc) is 2.93. The van der Waals surface area contributed by atoms with Crippen LogP contribution >= 0.6 is 0 Å². The van der Waals surface area contributed by atoms with Gasteiger partial charge < -0.3 is 24.8 Å². The van der Waals surface area contributed by atoms with E-state index in [4.69, 9.17) is 24.9 Å². The zero-order chi connectivity index (χ0) is 20.1. The van der Waals surface area contributed by atoms with E-state index >= 15 is 0 Å². The highest BCUT2D eigenvalue weighted by atomic mass is 16.7. The Balaban J connectivity index is 2.03. The quantitative estimate of drug-likeness (QED) is 0.599. The number of aryl methyl sites for hydroxylation is 1. The van der Waals surface area contributed by atoms with Gasteiger partial charge in [0.25, 0.3) is 5.88 Å². The van der Waals surface area contributed by atoms with Crippen LogP contribution in [0.15, 0.2) is 11.9 Å². The summed E-state index contributed by atoms with van der Waals surface area (Å²) in [6.07, 6.45) is 2.67. The average molecular weight is 390 g/mol. The molecular formula is C19H26N4O5. The number of pyridine rings is 1. The minimum atomic E-state index is -0.714. The van der Waals surface area contributed by atoms with E-state index < -0.39 is 12.3 Å². The Morgan fingerprint density at radius 3 is 2.79 bits per heavy atom. The van der Waals surface area contributed by atoms with Gasteiger partial charge in [0, 0.05) is 33.9 Å². The monoisotopic (exact) mass is 390 g/mol. The Morgan fingerprint density at radius 2 is 2.11 bits per heavy atom. The fourth-order valence-corrected chi connectivity index (χ4v) is 3.64. The summed E-state index contributed by atoms with van der Waals surface area (Å²) in [4.78, 5) is 31.2. The maximum absolute atomic E-state index is 11.8. The van der Waals surface area contributed by atoms with Crippen molar-refractivity contribution in [3.8, 4) is 0 Å². The van der Waals surface area contributed by atoms with Crippen molar-refractivity contribution in [2.75, 3.05) is 38.8 Å². The van der Waals surface area contributed by atoms with Crippen LogP contribution in [0.1, 0.15) is 42.4 Å². The predicted octanol–water partition coefficient (Wildman–Crippen LogP) is 1.49. The number of anilines is 1. The topological polar surface area (TPSA) is 107 Å². The van der Waals surface area contributed by atoms with Gasteiger partial charge in [0.15, 0.2) is 5.94 Å². The predicted molar refractivity (Wildman–Crippen MR) is 101 cm³/mol. The Bertz CT molecular complexity index is 774. The first-order valence-corrected chi connectivity index (χ1v) is 9.37. The third kappa shape index (κ3) is 4.11. The molecule has 0 bridgehead atoms. The van der Waals surface area contributed by atoms with E-state index in [0.717, 1.165) is 36.8 Å². The highest BCUT2D eigenvalue weighted by Crippen LogP contribution is 2.32. The molecule has 1 fully saturated rings. The van der Waals surface area contributed by atoms with E-state index in [-0.39, 0.29) is 5.88 Å². The van der Waals surface area contributed by atoms with Crippen LogP contribution in [-0.4, -0.2) is 55.8 Å². The standard InChI is InChI=1S/C19H26N4O5/c1-26-18(27-2)16-14(11-22-7-3-4-9-28-15(22)12-24)10-13-6-5-8-23(19(20)25)17(13)21-16/h10,18H,3-9,11H2,1-2H3,(H2,20,25). The summed E-state index contributed by atoms with van der Waals surface area (Å²) in [6, 6.07) is 1.45. The first kappa shape index (κ1) is 20.1. The summed E-state index contributed by atoms with van der Waals surface area (Å²) >= 11 is 0. The minimum absolute atomic E-state index is 0.200. The van der Waals surface area contributed by atoms with E-state index in [9.17, 15) is 9.59 Å². The molecule has 2 aliphatic rings. The van der Waals surface area contributed by atoms with Crippen molar-refractivity contribution in [2.45, 2.75) is 38.5 Å². The molecule has 0 saturated carbocycles. The van der Waals surface area contributed by atoms with Crippen LogP contribution in [0, 0.1) is 0 Å². The second-order valence-electron chi connectivity index (χ2n) is 6.80. The molecule has 3 heterocycles. The minimum Gasteiger partial charge on any atom is -0.471 e. The van der Waals surface area contributed by atoms with E-state index in [1.54, 1.807) is 0 Å². The summed E-state index contributed by atoms with van der Waals surface area (Å²) in [5.41, 5.74) is 7.85. The Hall–Kier alpha value is -2.61. The number of carbonyl (C=O) groups excluding carboxylic acids is 2. The largest absolute Gasteiger partial charge is 0.471 e. The number of rotatable bonds is 5. The fourth-order valence-electron chi connectivity index (χ4n) is 3.64. The lowest BCUT2D eigenvalue weighted by Crippen LogP contribution is -2.40. The molecule has 0 aromatic carbocycles. The molecule has 1 aromatic heterocycles. The third-order valence-electron chi connectivity index (χ3n) is 4.99. The molecule has 0 atom stereocenters. The molecule has 2 aliphatic heterocycles. The maximum Gasteiger partial charge on any atom is 0.320 e. The van der Waals surface area contributed by atoms with Crippen LogP contribution in [-0.2, 0) is 32.0 Å². The summed E-state index contributed by atoms with van der Waals surface area (Å²) in [6.45, 7) is 2.11. The lowest BCUT2D eigenvalue weighted by molar-refractivity contribution is -0.109. The van der Waals surface area contributed by atoms with Crippen LogP contribution in [0.5, 0.6) is 0 Å². The van der Waals surface area contributed by atoms with Crippen molar-refractivity contribution in [1.82, 2.24) is 9.88 Å². The van der Waals surface area contributed by atoms with Gasteiger partial charge in [-0.25, -0.2) is 14.6 Å². The molecule has 9 nitrogen and oxygen atoms in total. The zero-order valence-corrected chi connectivity index (χ0v) is 16.3. The molecule has 152 valence electrons. The van der Waals surface area contributed by atoms with Crippen LogP contribution in [0.2, 0.25) is 0 Å². The molecule has 3 rings (SSSR count). The van der Waals surface area contributed by atoms with E-state index in [2.05, 4.69) is 0 Å². The number of methoxy groups -OCH3 is 2. The van der Waals surface area contributed by atoms with Gasteiger partial charge in [-0.15, -0.1) is 0 Å². The van der Waals surface area contributed by atoms with E-state index in [1.807, 2.05) is 16.9 Å². The molecule has 0 radical (unpaired) electrons. The van der Waals surface area contributed by atoms with Crippen molar-refractivity contribution >= 4 is 17.8 Å². The third-order valence-corrected chi connectivity index (χ3v) is 4.99. The number of nitrogens with two attached hydrogens (primary N) is 1. The van der Waals surface area contributed by atoms with Gasteiger partial charge in [0.05, 0.1) is 6.61 Å². The number of nitrogens with zero attached hydrogens (tertiary/aromatic N) is 3. The van der Waals surface area contributed by atoms with Crippen molar-refractivity contribution in [2.24, 2.45) is 5.73 Å². The summed E-state index contributed by atoms with van der Waals surface area (Å²) < 4.78 is 16.4. The maximum atomic E-state index is 11.8. The van der Waals surface area contributed by atoms with Gasteiger partial charge in [-0.2, -0.15) is 0 Å². The van der Waals surface area contributed by atoms with Crippen LogP contribution in [0.4, 0.5) is 10.6 Å². The molecule has 0 unspecified atom stereocenters. The van der Waals surface area contributed by atoms with Crippen molar-refractivity contribution < 1.29 is 23.8 Å². The molecule has 28 heavy (non-hydrogen) atoms. The SMILES string of the molecule is COC(OC)c1nc2c(cc1CN1CCCCOC1=C=O)CCCN2C(N)=O. The number of hydrogen-bond acceptors (Lipinski definition) is 7. The van der Waals surface area contributed by atoms with Gasteiger partial charge >= 0.3 is 6.03 Å². The van der Waals surface area contributed by atoms with Crippen LogP contribution < -0.4 is 10.6 Å². The number of ether oxygens (including phenoxy) is 3.